The monoisotopic (exact) mass is 308 g/mol. The Morgan fingerprint density at radius 3 is 1.27 bits per heavy atom. The summed E-state index contributed by atoms with van der Waals surface area (Å²) in [6.07, 6.45) is 25.7. The summed E-state index contributed by atoms with van der Waals surface area (Å²) in [5, 5.41) is 8.53. The molecule has 0 heterocycles. The van der Waals surface area contributed by atoms with E-state index < -0.39 is 5.97 Å². The summed E-state index contributed by atoms with van der Waals surface area (Å²) in [6.45, 7) is 0. The number of hydrogen-bond acceptors (Lipinski definition) is 1. The molecule has 0 aromatic carbocycles. The third kappa shape index (κ3) is 19.0. The number of unbranched alkanes of at least 4 members (excludes halogenated alkanes) is 15. The average Bonchev–Trinajstić information content (AvgIpc) is 2.50. The lowest BCUT2D eigenvalue weighted by Gasteiger charge is -2.03. The molecule has 0 saturated carbocycles. The lowest BCUT2D eigenvalue weighted by molar-refractivity contribution is -0.137. The van der Waals surface area contributed by atoms with Gasteiger partial charge in [-0.2, -0.15) is 0 Å². The zero-order valence-corrected chi connectivity index (χ0v) is 14.5. The molecule has 0 spiro atoms. The number of terminal acetylenes is 1. The molecule has 0 rings (SSSR count). The highest BCUT2D eigenvalue weighted by atomic mass is 16.4. The Labute approximate surface area is 138 Å². The highest BCUT2D eigenvalue weighted by Crippen LogP contribution is 2.13. The summed E-state index contributed by atoms with van der Waals surface area (Å²) in [5.41, 5.74) is 0. The van der Waals surface area contributed by atoms with E-state index in [9.17, 15) is 4.79 Å². The summed E-state index contributed by atoms with van der Waals surface area (Å²) in [6, 6.07) is 0. The van der Waals surface area contributed by atoms with Crippen molar-refractivity contribution in [2.45, 2.75) is 109 Å². The van der Waals surface area contributed by atoms with Crippen LogP contribution in [0.3, 0.4) is 0 Å². The molecule has 0 saturated heterocycles. The maximum absolute atomic E-state index is 10.4. The minimum absolute atomic E-state index is 0.337. The topological polar surface area (TPSA) is 37.3 Å². The van der Waals surface area contributed by atoms with Gasteiger partial charge in [0.25, 0.3) is 0 Å². The minimum Gasteiger partial charge on any atom is -0.481 e. The third-order valence-electron chi connectivity index (χ3n) is 4.21. The van der Waals surface area contributed by atoms with Crippen molar-refractivity contribution >= 4 is 5.97 Å². The summed E-state index contributed by atoms with van der Waals surface area (Å²) in [4.78, 5) is 10.4. The number of carboxylic acids is 1. The predicted octanol–water partition coefficient (Wildman–Crippen LogP) is 6.34. The molecule has 0 aromatic heterocycles. The van der Waals surface area contributed by atoms with E-state index >= 15 is 0 Å². The number of hydrogen-bond donors (Lipinski definition) is 1. The molecule has 0 aliphatic rings. The highest BCUT2D eigenvalue weighted by molar-refractivity contribution is 5.66. The van der Waals surface area contributed by atoms with Crippen LogP contribution in [0.1, 0.15) is 109 Å². The van der Waals surface area contributed by atoms with Gasteiger partial charge in [0.2, 0.25) is 0 Å². The molecule has 1 N–H and O–H groups in total. The molecule has 0 amide bonds. The van der Waals surface area contributed by atoms with Gasteiger partial charge in [0.05, 0.1) is 0 Å². The van der Waals surface area contributed by atoms with Gasteiger partial charge < -0.3 is 5.11 Å². The molecule has 0 aromatic rings. The first-order chi connectivity index (χ1) is 10.8. The number of carbonyl (C=O) groups is 1. The van der Waals surface area contributed by atoms with E-state index in [4.69, 9.17) is 11.5 Å². The van der Waals surface area contributed by atoms with E-state index in [1.807, 2.05) is 0 Å². The van der Waals surface area contributed by atoms with Gasteiger partial charge >= 0.3 is 5.97 Å². The largest absolute Gasteiger partial charge is 0.481 e. The maximum atomic E-state index is 10.4. The van der Waals surface area contributed by atoms with Gasteiger partial charge in [-0.3, -0.25) is 4.79 Å². The SMILES string of the molecule is C#CCCCCCCCCCCCCCCCCCC(=O)O. The number of carboxylic acid groups (broad SMARTS) is 1. The second-order valence-corrected chi connectivity index (χ2v) is 6.40. The van der Waals surface area contributed by atoms with Gasteiger partial charge in [-0.1, -0.05) is 83.5 Å². The van der Waals surface area contributed by atoms with Crippen molar-refractivity contribution in [1.29, 1.82) is 0 Å². The molecule has 0 unspecified atom stereocenters. The van der Waals surface area contributed by atoms with Crippen molar-refractivity contribution in [3.05, 3.63) is 0 Å². The number of rotatable bonds is 17. The van der Waals surface area contributed by atoms with E-state index in [1.54, 1.807) is 0 Å². The Hall–Kier alpha value is -0.970. The first-order valence-corrected chi connectivity index (χ1v) is 9.42. The molecular weight excluding hydrogens is 272 g/mol. The standard InChI is InChI=1S/C20H36O2/c1-2-3-4-5-6-7-8-9-10-11-12-13-14-15-16-17-18-19-20(21)22/h1H,3-19H2,(H,21,22). The van der Waals surface area contributed by atoms with Crippen LogP contribution >= 0.6 is 0 Å². The van der Waals surface area contributed by atoms with Crippen LogP contribution in [-0.4, -0.2) is 11.1 Å². The molecular formula is C20H36O2. The summed E-state index contributed by atoms with van der Waals surface area (Å²) in [7, 11) is 0. The van der Waals surface area contributed by atoms with Gasteiger partial charge in [-0.25, -0.2) is 0 Å². The van der Waals surface area contributed by atoms with Crippen LogP contribution in [0.25, 0.3) is 0 Å². The zero-order valence-electron chi connectivity index (χ0n) is 14.5. The maximum Gasteiger partial charge on any atom is 0.303 e. The fourth-order valence-electron chi connectivity index (χ4n) is 2.80. The van der Waals surface area contributed by atoms with Gasteiger partial charge in [0.1, 0.15) is 0 Å². The first-order valence-electron chi connectivity index (χ1n) is 9.42. The second kappa shape index (κ2) is 18.1. The molecule has 0 bridgehead atoms. The van der Waals surface area contributed by atoms with Crippen LogP contribution in [-0.2, 0) is 4.79 Å². The Kier molecular flexibility index (Phi) is 17.3. The Bertz CT molecular complexity index is 278. The molecule has 128 valence electrons. The molecule has 0 radical (unpaired) electrons. The predicted molar refractivity (Wildman–Crippen MR) is 95.0 cm³/mol. The van der Waals surface area contributed by atoms with Crippen molar-refractivity contribution in [3.63, 3.8) is 0 Å². The molecule has 0 aliphatic carbocycles. The van der Waals surface area contributed by atoms with E-state index in [-0.39, 0.29) is 0 Å². The van der Waals surface area contributed by atoms with Crippen molar-refractivity contribution < 1.29 is 9.90 Å². The smallest absolute Gasteiger partial charge is 0.303 e. The third-order valence-corrected chi connectivity index (χ3v) is 4.21. The summed E-state index contributed by atoms with van der Waals surface area (Å²) < 4.78 is 0. The average molecular weight is 309 g/mol. The highest BCUT2D eigenvalue weighted by Gasteiger charge is 1.97. The molecule has 22 heavy (non-hydrogen) atoms. The van der Waals surface area contributed by atoms with E-state index in [1.165, 1.54) is 83.5 Å². The van der Waals surface area contributed by atoms with Gasteiger partial charge in [0, 0.05) is 12.8 Å². The van der Waals surface area contributed by atoms with Gasteiger partial charge in [-0.15, -0.1) is 12.3 Å². The van der Waals surface area contributed by atoms with Crippen molar-refractivity contribution in [3.8, 4) is 12.3 Å². The van der Waals surface area contributed by atoms with Crippen LogP contribution in [0.15, 0.2) is 0 Å². The number of aliphatic carboxylic acids is 1. The Balaban J connectivity index is 2.97. The van der Waals surface area contributed by atoms with Crippen LogP contribution in [0.4, 0.5) is 0 Å². The molecule has 2 heteroatoms. The lowest BCUT2D eigenvalue weighted by Crippen LogP contribution is -1.93. The molecule has 2 nitrogen and oxygen atoms in total. The summed E-state index contributed by atoms with van der Waals surface area (Å²) in [5.74, 6) is 2.04. The van der Waals surface area contributed by atoms with Crippen molar-refractivity contribution in [2.24, 2.45) is 0 Å². The quantitative estimate of drug-likeness (QED) is 0.251. The van der Waals surface area contributed by atoms with Crippen molar-refractivity contribution in [2.75, 3.05) is 0 Å². The normalized spacial score (nSPS) is 10.5. The second-order valence-electron chi connectivity index (χ2n) is 6.40. The molecule has 0 fully saturated rings. The fraction of sp³-hybridized carbons (Fsp3) is 0.850. The van der Waals surface area contributed by atoms with Crippen molar-refractivity contribution in [1.82, 2.24) is 0 Å². The van der Waals surface area contributed by atoms with Crippen LogP contribution in [0.5, 0.6) is 0 Å². The first kappa shape index (κ1) is 21.0. The van der Waals surface area contributed by atoms with Gasteiger partial charge in [-0.05, 0) is 12.8 Å². The zero-order chi connectivity index (χ0) is 16.3. The van der Waals surface area contributed by atoms with E-state index in [0.717, 1.165) is 19.3 Å². The molecule has 0 aliphatic heterocycles. The molecule has 0 atom stereocenters. The van der Waals surface area contributed by atoms with E-state index in [0.29, 0.717) is 6.42 Å². The lowest BCUT2D eigenvalue weighted by atomic mass is 10.0. The fourth-order valence-corrected chi connectivity index (χ4v) is 2.80. The van der Waals surface area contributed by atoms with E-state index in [2.05, 4.69) is 5.92 Å². The Morgan fingerprint density at radius 1 is 0.636 bits per heavy atom. The van der Waals surface area contributed by atoms with Crippen LogP contribution in [0.2, 0.25) is 0 Å². The summed E-state index contributed by atoms with van der Waals surface area (Å²) >= 11 is 0. The Morgan fingerprint density at radius 2 is 0.955 bits per heavy atom. The van der Waals surface area contributed by atoms with Crippen LogP contribution < -0.4 is 0 Å². The minimum atomic E-state index is -0.660. The van der Waals surface area contributed by atoms with Crippen LogP contribution in [0, 0.1) is 12.3 Å². The van der Waals surface area contributed by atoms with Gasteiger partial charge in [0.15, 0.2) is 0 Å².